The molecule has 0 unspecified atom stereocenters. The summed E-state index contributed by atoms with van der Waals surface area (Å²) in [5.74, 6) is 3.30. The van der Waals surface area contributed by atoms with E-state index in [9.17, 15) is 0 Å². The zero-order valence-corrected chi connectivity index (χ0v) is 16.6. The summed E-state index contributed by atoms with van der Waals surface area (Å²) in [5.41, 5.74) is 0.786. The van der Waals surface area contributed by atoms with Crippen LogP contribution in [0.5, 0.6) is 17.2 Å². The molecule has 0 N–H and O–H groups in total. The standard InChI is InChI=1S/C21H30O5/c1-20(2)12-9-13-11-25-17(15(10-12)21(13,3)26-20)14-7-8-16(22-4)19(24-6)18(14)23-5/h7-8,12-13,15,17H,9-11H2,1-6H3/t12-,13+,15-,17+,21+/m1/s1. The lowest BCUT2D eigenvalue weighted by molar-refractivity contribution is -0.331. The SMILES string of the molecule is COc1ccc([C@@H]2OC[C@@H]3C[C@@H]4C[C@H]2[C@@]3(C)OC4(C)C)c(OC)c1OC. The van der Waals surface area contributed by atoms with Crippen LogP contribution in [-0.4, -0.2) is 39.1 Å². The topological polar surface area (TPSA) is 46.2 Å². The van der Waals surface area contributed by atoms with E-state index in [1.807, 2.05) is 12.1 Å². The summed E-state index contributed by atoms with van der Waals surface area (Å²) in [6.45, 7) is 7.47. The minimum Gasteiger partial charge on any atom is -0.493 e. The third-order valence-electron chi connectivity index (χ3n) is 7.00. The van der Waals surface area contributed by atoms with Crippen LogP contribution >= 0.6 is 0 Å². The average molecular weight is 362 g/mol. The molecule has 0 radical (unpaired) electrons. The van der Waals surface area contributed by atoms with E-state index in [0.717, 1.165) is 18.6 Å². The van der Waals surface area contributed by atoms with E-state index in [2.05, 4.69) is 20.8 Å². The van der Waals surface area contributed by atoms with Gasteiger partial charge >= 0.3 is 0 Å². The zero-order valence-electron chi connectivity index (χ0n) is 16.6. The highest BCUT2D eigenvalue weighted by atomic mass is 16.5. The molecule has 0 spiro atoms. The minimum atomic E-state index is -0.167. The van der Waals surface area contributed by atoms with Gasteiger partial charge in [-0.1, -0.05) is 0 Å². The highest BCUT2D eigenvalue weighted by Gasteiger charge is 2.63. The Labute approximate surface area is 155 Å². The fraction of sp³-hybridized carbons (Fsp3) is 0.714. The number of ether oxygens (including phenoxy) is 5. The van der Waals surface area contributed by atoms with E-state index >= 15 is 0 Å². The molecule has 3 saturated heterocycles. The van der Waals surface area contributed by atoms with Crippen molar-refractivity contribution in [1.29, 1.82) is 0 Å². The summed E-state index contributed by atoms with van der Waals surface area (Å²) < 4.78 is 29.8. The van der Waals surface area contributed by atoms with E-state index in [1.54, 1.807) is 21.3 Å². The van der Waals surface area contributed by atoms with Gasteiger partial charge in [-0.25, -0.2) is 0 Å². The first-order chi connectivity index (χ1) is 12.4. The van der Waals surface area contributed by atoms with Gasteiger partial charge in [-0.15, -0.1) is 0 Å². The van der Waals surface area contributed by atoms with Gasteiger partial charge in [-0.2, -0.15) is 0 Å². The van der Waals surface area contributed by atoms with E-state index in [0.29, 0.717) is 35.0 Å². The quantitative estimate of drug-likeness (QED) is 0.810. The molecule has 26 heavy (non-hydrogen) atoms. The van der Waals surface area contributed by atoms with Crippen LogP contribution in [-0.2, 0) is 9.47 Å². The summed E-state index contributed by atoms with van der Waals surface area (Å²) in [7, 11) is 4.94. The van der Waals surface area contributed by atoms with Crippen LogP contribution in [0.3, 0.4) is 0 Å². The first kappa shape index (κ1) is 17.9. The monoisotopic (exact) mass is 362 g/mol. The molecule has 4 fully saturated rings. The Morgan fingerprint density at radius 3 is 2.31 bits per heavy atom. The maximum absolute atomic E-state index is 6.68. The van der Waals surface area contributed by atoms with Gasteiger partial charge in [0.25, 0.3) is 0 Å². The lowest BCUT2D eigenvalue weighted by Gasteiger charge is -2.65. The van der Waals surface area contributed by atoms with E-state index in [1.165, 1.54) is 6.42 Å². The highest BCUT2D eigenvalue weighted by molar-refractivity contribution is 5.56. The summed E-state index contributed by atoms with van der Waals surface area (Å²) in [6.07, 6.45) is 2.24. The van der Waals surface area contributed by atoms with Crippen LogP contribution in [0.25, 0.3) is 0 Å². The molecular formula is C21H30O5. The lowest BCUT2D eigenvalue weighted by atomic mass is 9.55. The van der Waals surface area contributed by atoms with Crippen molar-refractivity contribution < 1.29 is 23.7 Å². The molecule has 1 aromatic carbocycles. The molecule has 5 atom stereocenters. The Balaban J connectivity index is 1.76. The fourth-order valence-corrected chi connectivity index (χ4v) is 5.54. The fourth-order valence-electron chi connectivity index (χ4n) is 5.54. The molecule has 3 aliphatic heterocycles. The average Bonchev–Trinajstić information content (AvgIpc) is 2.58. The van der Waals surface area contributed by atoms with Crippen LogP contribution in [0.1, 0.15) is 45.3 Å². The van der Waals surface area contributed by atoms with Gasteiger partial charge in [0.05, 0.1) is 45.2 Å². The van der Waals surface area contributed by atoms with Crippen LogP contribution in [0.15, 0.2) is 12.1 Å². The Hall–Kier alpha value is -1.46. The normalized spacial score (nSPS) is 37.3. The highest BCUT2D eigenvalue weighted by Crippen LogP contribution is 2.62. The van der Waals surface area contributed by atoms with Crippen LogP contribution in [0.2, 0.25) is 0 Å². The van der Waals surface area contributed by atoms with Crippen molar-refractivity contribution in [2.75, 3.05) is 27.9 Å². The Morgan fingerprint density at radius 2 is 1.65 bits per heavy atom. The zero-order chi connectivity index (χ0) is 18.7. The second-order valence-corrected chi connectivity index (χ2v) is 8.54. The molecular weight excluding hydrogens is 332 g/mol. The Kier molecular flexibility index (Phi) is 4.16. The molecule has 4 bridgehead atoms. The second kappa shape index (κ2) is 6.03. The van der Waals surface area contributed by atoms with Crippen LogP contribution in [0.4, 0.5) is 0 Å². The van der Waals surface area contributed by atoms with Crippen molar-refractivity contribution in [2.24, 2.45) is 17.8 Å². The molecule has 5 heteroatoms. The van der Waals surface area contributed by atoms with Gasteiger partial charge in [0.1, 0.15) is 0 Å². The van der Waals surface area contributed by atoms with Gasteiger partial charge in [-0.05, 0) is 51.7 Å². The van der Waals surface area contributed by atoms with Gasteiger partial charge < -0.3 is 23.7 Å². The maximum atomic E-state index is 6.68. The Morgan fingerprint density at radius 1 is 0.923 bits per heavy atom. The molecule has 1 aliphatic carbocycles. The molecule has 0 aromatic heterocycles. The third-order valence-corrected chi connectivity index (χ3v) is 7.00. The van der Waals surface area contributed by atoms with Gasteiger partial charge in [-0.3, -0.25) is 0 Å². The molecule has 1 saturated carbocycles. The van der Waals surface area contributed by atoms with Gasteiger partial charge in [0.2, 0.25) is 5.75 Å². The second-order valence-electron chi connectivity index (χ2n) is 8.54. The smallest absolute Gasteiger partial charge is 0.203 e. The summed E-state index contributed by atoms with van der Waals surface area (Å²) in [5, 5.41) is 0. The molecule has 144 valence electrons. The minimum absolute atomic E-state index is 0.0642. The lowest BCUT2D eigenvalue weighted by Crippen LogP contribution is -2.67. The van der Waals surface area contributed by atoms with Crippen molar-refractivity contribution in [1.82, 2.24) is 0 Å². The predicted octanol–water partition coefficient (Wildman–Crippen LogP) is 3.99. The van der Waals surface area contributed by atoms with Gasteiger partial charge in [0.15, 0.2) is 11.5 Å². The maximum Gasteiger partial charge on any atom is 0.203 e. The van der Waals surface area contributed by atoms with Crippen molar-refractivity contribution in [3.05, 3.63) is 17.7 Å². The number of hydrogen-bond donors (Lipinski definition) is 0. The third kappa shape index (κ3) is 2.36. The molecule has 5 nitrogen and oxygen atoms in total. The number of rotatable bonds is 4. The first-order valence-electron chi connectivity index (χ1n) is 9.46. The van der Waals surface area contributed by atoms with Crippen molar-refractivity contribution in [3.8, 4) is 17.2 Å². The number of benzene rings is 1. The summed E-state index contributed by atoms with van der Waals surface area (Å²) >= 11 is 0. The number of methoxy groups -OCH3 is 3. The Bertz CT molecular complexity index is 700. The van der Waals surface area contributed by atoms with Gasteiger partial charge in [0, 0.05) is 17.4 Å². The molecule has 1 aromatic rings. The van der Waals surface area contributed by atoms with Crippen molar-refractivity contribution in [2.45, 2.75) is 50.9 Å². The van der Waals surface area contributed by atoms with Crippen LogP contribution in [0, 0.1) is 17.8 Å². The van der Waals surface area contributed by atoms with E-state index in [-0.39, 0.29) is 17.3 Å². The predicted molar refractivity (Wildman–Crippen MR) is 98.1 cm³/mol. The van der Waals surface area contributed by atoms with Crippen molar-refractivity contribution in [3.63, 3.8) is 0 Å². The van der Waals surface area contributed by atoms with E-state index in [4.69, 9.17) is 23.7 Å². The van der Waals surface area contributed by atoms with E-state index < -0.39 is 0 Å². The molecule has 4 aliphatic rings. The molecule has 5 rings (SSSR count). The van der Waals surface area contributed by atoms with Crippen molar-refractivity contribution >= 4 is 0 Å². The largest absolute Gasteiger partial charge is 0.493 e. The van der Waals surface area contributed by atoms with Crippen LogP contribution < -0.4 is 14.2 Å². The molecule has 0 amide bonds. The first-order valence-corrected chi connectivity index (χ1v) is 9.46. The number of fused-ring (bicyclic) bond motifs is 1. The number of hydrogen-bond acceptors (Lipinski definition) is 5. The summed E-state index contributed by atoms with van der Waals surface area (Å²) in [4.78, 5) is 0. The summed E-state index contributed by atoms with van der Waals surface area (Å²) in [6, 6.07) is 3.97. The molecule has 3 heterocycles.